The summed E-state index contributed by atoms with van der Waals surface area (Å²) in [7, 11) is 0. The zero-order valence-electron chi connectivity index (χ0n) is 16.3. The van der Waals surface area contributed by atoms with Crippen molar-refractivity contribution < 1.29 is 9.13 Å². The molecule has 0 bridgehead atoms. The topological polar surface area (TPSA) is 57.9 Å². The molecule has 29 heavy (non-hydrogen) atoms. The molecule has 1 saturated heterocycles. The quantitative estimate of drug-likeness (QED) is 0.680. The van der Waals surface area contributed by atoms with Crippen molar-refractivity contribution in [2.45, 2.75) is 25.9 Å². The lowest BCUT2D eigenvalue weighted by atomic mass is 9.75. The monoisotopic (exact) mass is 389 g/mol. The van der Waals surface area contributed by atoms with Gasteiger partial charge in [0.2, 0.25) is 0 Å². The van der Waals surface area contributed by atoms with Crippen molar-refractivity contribution in [1.29, 1.82) is 5.26 Å². The minimum absolute atomic E-state index is 0.0269. The molecule has 1 fully saturated rings. The van der Waals surface area contributed by atoms with E-state index in [-0.39, 0.29) is 11.2 Å². The van der Waals surface area contributed by atoms with Crippen molar-refractivity contribution in [3.8, 4) is 6.07 Å². The average Bonchev–Trinajstić information content (AvgIpc) is 2.76. The first-order valence-electron chi connectivity index (χ1n) is 9.98. The van der Waals surface area contributed by atoms with Crippen LogP contribution in [0.2, 0.25) is 0 Å². The highest BCUT2D eigenvalue weighted by Gasteiger charge is 2.32. The maximum atomic E-state index is 13.3. The van der Waals surface area contributed by atoms with Crippen LogP contribution in [-0.2, 0) is 17.8 Å². The van der Waals surface area contributed by atoms with Crippen LogP contribution in [0.3, 0.4) is 0 Å². The Morgan fingerprint density at radius 2 is 1.93 bits per heavy atom. The van der Waals surface area contributed by atoms with Gasteiger partial charge in [0.25, 0.3) is 0 Å². The molecule has 0 spiro atoms. The van der Waals surface area contributed by atoms with E-state index in [9.17, 15) is 9.65 Å². The van der Waals surface area contributed by atoms with Crippen LogP contribution in [0.15, 0.2) is 54.7 Å². The van der Waals surface area contributed by atoms with Gasteiger partial charge in [0.05, 0.1) is 30.4 Å². The van der Waals surface area contributed by atoms with E-state index in [2.05, 4.69) is 16.4 Å². The van der Waals surface area contributed by atoms with Crippen LogP contribution in [0.4, 0.5) is 4.39 Å². The molecular formula is C24H24FN3O. The Morgan fingerprint density at radius 3 is 2.69 bits per heavy atom. The van der Waals surface area contributed by atoms with E-state index in [1.54, 1.807) is 6.20 Å². The number of rotatable bonds is 6. The van der Waals surface area contributed by atoms with Crippen molar-refractivity contribution in [1.82, 2.24) is 10.3 Å². The van der Waals surface area contributed by atoms with Crippen LogP contribution in [-0.4, -0.2) is 24.7 Å². The Morgan fingerprint density at radius 1 is 1.14 bits per heavy atom. The first-order valence-corrected chi connectivity index (χ1v) is 9.98. The third-order valence-electron chi connectivity index (χ3n) is 5.74. The number of pyridine rings is 1. The highest BCUT2D eigenvalue weighted by Crippen LogP contribution is 2.34. The Bertz CT molecular complexity index is 1020. The summed E-state index contributed by atoms with van der Waals surface area (Å²) in [4.78, 5) is 4.48. The summed E-state index contributed by atoms with van der Waals surface area (Å²) in [6, 6.07) is 16.6. The Hall–Kier alpha value is -2.81. The average molecular weight is 389 g/mol. The second-order valence-electron chi connectivity index (χ2n) is 7.87. The summed E-state index contributed by atoms with van der Waals surface area (Å²) >= 11 is 0. The molecule has 0 atom stereocenters. The number of nitrogens with one attached hydrogen (secondary N) is 1. The number of hydrogen-bond acceptors (Lipinski definition) is 4. The van der Waals surface area contributed by atoms with Crippen LogP contribution < -0.4 is 5.32 Å². The smallest absolute Gasteiger partial charge is 0.123 e. The fourth-order valence-corrected chi connectivity index (χ4v) is 4.18. The molecule has 0 amide bonds. The number of halogens is 1. The SMILES string of the molecule is N#Cc1cc(COCC2(Cc3ccc(F)cc3)CCNCC2)c2ncccc2c1. The second-order valence-corrected chi connectivity index (χ2v) is 7.87. The van der Waals surface area contributed by atoms with Gasteiger partial charge in [-0.3, -0.25) is 4.98 Å². The van der Waals surface area contributed by atoms with Gasteiger partial charge in [-0.05, 0) is 68.2 Å². The van der Waals surface area contributed by atoms with E-state index >= 15 is 0 Å². The molecule has 148 valence electrons. The van der Waals surface area contributed by atoms with Crippen molar-refractivity contribution >= 4 is 10.9 Å². The summed E-state index contributed by atoms with van der Waals surface area (Å²) < 4.78 is 19.5. The summed E-state index contributed by atoms with van der Waals surface area (Å²) in [6.07, 6.45) is 4.66. The van der Waals surface area contributed by atoms with E-state index in [4.69, 9.17) is 4.74 Å². The lowest BCUT2D eigenvalue weighted by molar-refractivity contribution is 0.0155. The third kappa shape index (κ3) is 4.61. The first-order chi connectivity index (χ1) is 14.2. The molecule has 4 nitrogen and oxygen atoms in total. The fourth-order valence-electron chi connectivity index (χ4n) is 4.18. The van der Waals surface area contributed by atoms with Crippen molar-refractivity contribution in [3.63, 3.8) is 0 Å². The zero-order valence-corrected chi connectivity index (χ0v) is 16.3. The predicted molar refractivity (Wildman–Crippen MR) is 111 cm³/mol. The molecule has 5 heteroatoms. The van der Waals surface area contributed by atoms with E-state index in [1.165, 1.54) is 12.1 Å². The maximum Gasteiger partial charge on any atom is 0.123 e. The van der Waals surface area contributed by atoms with E-state index < -0.39 is 0 Å². The van der Waals surface area contributed by atoms with Gasteiger partial charge in [-0.2, -0.15) is 5.26 Å². The van der Waals surface area contributed by atoms with Gasteiger partial charge in [0.15, 0.2) is 0 Å². The van der Waals surface area contributed by atoms with Gasteiger partial charge >= 0.3 is 0 Å². The largest absolute Gasteiger partial charge is 0.376 e. The number of piperidine rings is 1. The molecule has 0 saturated carbocycles. The molecule has 3 aromatic rings. The van der Waals surface area contributed by atoms with Gasteiger partial charge in [0, 0.05) is 22.6 Å². The molecule has 0 aliphatic carbocycles. The van der Waals surface area contributed by atoms with Crippen molar-refractivity contribution in [2.75, 3.05) is 19.7 Å². The molecule has 1 aliphatic heterocycles. The number of nitrogens with zero attached hydrogens (tertiary/aromatic N) is 2. The van der Waals surface area contributed by atoms with Crippen LogP contribution in [0.1, 0.15) is 29.5 Å². The standard InChI is InChI=1S/C24H24FN3O/c25-22-5-3-18(4-6-22)14-24(7-10-27-11-8-24)17-29-16-21-13-19(15-26)12-20-2-1-9-28-23(20)21/h1-6,9,12-13,27H,7-8,10-11,14,16-17H2. The van der Waals surface area contributed by atoms with Gasteiger partial charge in [-0.1, -0.05) is 18.2 Å². The minimum atomic E-state index is -0.207. The normalized spacial score (nSPS) is 15.9. The number of aromatic nitrogens is 1. The molecule has 0 radical (unpaired) electrons. The van der Waals surface area contributed by atoms with Gasteiger partial charge < -0.3 is 10.1 Å². The lowest BCUT2D eigenvalue weighted by Crippen LogP contribution is -2.41. The van der Waals surface area contributed by atoms with E-state index in [0.717, 1.165) is 54.4 Å². The Kier molecular flexibility index (Phi) is 5.84. The molecule has 2 heterocycles. The molecule has 1 aliphatic rings. The van der Waals surface area contributed by atoms with Crippen LogP contribution >= 0.6 is 0 Å². The first kappa shape index (κ1) is 19.5. The molecular weight excluding hydrogens is 365 g/mol. The number of hydrogen-bond donors (Lipinski definition) is 1. The Balaban J connectivity index is 1.50. The minimum Gasteiger partial charge on any atom is -0.376 e. The van der Waals surface area contributed by atoms with Crippen LogP contribution in [0.5, 0.6) is 0 Å². The summed E-state index contributed by atoms with van der Waals surface area (Å²) in [6.45, 7) is 2.96. The Labute approximate surface area is 170 Å². The predicted octanol–water partition coefficient (Wildman–Crippen LogP) is 4.37. The number of nitriles is 1. The molecule has 1 aromatic heterocycles. The highest BCUT2D eigenvalue weighted by atomic mass is 19.1. The zero-order chi connectivity index (χ0) is 20.1. The third-order valence-corrected chi connectivity index (χ3v) is 5.74. The van der Waals surface area contributed by atoms with E-state index in [1.807, 2.05) is 36.4 Å². The van der Waals surface area contributed by atoms with Gasteiger partial charge in [0.1, 0.15) is 5.82 Å². The summed E-state index contributed by atoms with van der Waals surface area (Å²) in [5.74, 6) is -0.207. The van der Waals surface area contributed by atoms with E-state index in [0.29, 0.717) is 18.8 Å². The number of fused-ring (bicyclic) bond motifs is 1. The van der Waals surface area contributed by atoms with Gasteiger partial charge in [-0.25, -0.2) is 4.39 Å². The van der Waals surface area contributed by atoms with Crippen molar-refractivity contribution in [3.05, 3.63) is 77.2 Å². The summed E-state index contributed by atoms with van der Waals surface area (Å²) in [5, 5.41) is 13.7. The maximum absolute atomic E-state index is 13.3. The molecule has 1 N–H and O–H groups in total. The second kappa shape index (κ2) is 8.69. The van der Waals surface area contributed by atoms with Crippen LogP contribution in [0.25, 0.3) is 10.9 Å². The van der Waals surface area contributed by atoms with Gasteiger partial charge in [-0.15, -0.1) is 0 Å². The highest BCUT2D eigenvalue weighted by molar-refractivity contribution is 5.83. The lowest BCUT2D eigenvalue weighted by Gasteiger charge is -2.37. The van der Waals surface area contributed by atoms with Crippen molar-refractivity contribution in [2.24, 2.45) is 5.41 Å². The summed E-state index contributed by atoms with van der Waals surface area (Å²) in [5.41, 5.74) is 3.59. The molecule has 2 aromatic carbocycles. The molecule has 0 unspecified atom stereocenters. The number of ether oxygens (including phenoxy) is 1. The molecule has 4 rings (SSSR count). The van der Waals surface area contributed by atoms with Crippen LogP contribution in [0, 0.1) is 22.6 Å². The fraction of sp³-hybridized carbons (Fsp3) is 0.333. The number of benzene rings is 2.